The Morgan fingerprint density at radius 2 is 1.91 bits per heavy atom. The molecule has 0 amide bonds. The second-order valence-corrected chi connectivity index (χ2v) is 3.39. The number of aryl methyl sites for hydroxylation is 2. The molecule has 0 aliphatic carbocycles. The largest absolute Gasteiger partial charge is 0.247 e. The van der Waals surface area contributed by atoms with Crippen LogP contribution in [0.5, 0.6) is 0 Å². The number of hydrogen-bond acceptors (Lipinski definition) is 2. The van der Waals surface area contributed by atoms with Crippen molar-refractivity contribution in [1.29, 1.82) is 0 Å². The number of thiazole rings is 1. The van der Waals surface area contributed by atoms with Crippen LogP contribution in [0.1, 0.15) is 37.9 Å². The summed E-state index contributed by atoms with van der Waals surface area (Å²) in [6.45, 7) is 8.40. The molecule has 11 heavy (non-hydrogen) atoms. The van der Waals surface area contributed by atoms with Gasteiger partial charge in [0, 0.05) is 11.1 Å². The average Bonchev–Trinajstić information content (AvgIpc) is 2.37. The Hall–Kier alpha value is -0.370. The summed E-state index contributed by atoms with van der Waals surface area (Å²) in [7, 11) is 0. The highest BCUT2D eigenvalue weighted by Crippen LogP contribution is 2.07. The Morgan fingerprint density at radius 1 is 1.36 bits per heavy atom. The molecule has 0 atom stereocenters. The molecular formula is C9H17NS. The van der Waals surface area contributed by atoms with E-state index in [0.717, 1.165) is 12.1 Å². The van der Waals surface area contributed by atoms with Crippen molar-refractivity contribution < 1.29 is 0 Å². The molecule has 0 spiro atoms. The van der Waals surface area contributed by atoms with E-state index in [1.54, 1.807) is 11.3 Å². The molecule has 0 bridgehead atoms. The molecule has 0 radical (unpaired) electrons. The molecule has 1 heterocycles. The molecule has 1 rings (SSSR count). The van der Waals surface area contributed by atoms with Crippen molar-refractivity contribution >= 4 is 11.3 Å². The van der Waals surface area contributed by atoms with Gasteiger partial charge >= 0.3 is 0 Å². The normalized spacial score (nSPS) is 8.73. The zero-order valence-corrected chi connectivity index (χ0v) is 8.66. The van der Waals surface area contributed by atoms with Gasteiger partial charge in [-0.05, 0) is 13.3 Å². The van der Waals surface area contributed by atoms with Gasteiger partial charge in [-0.2, -0.15) is 0 Å². The Kier molecular flexibility index (Phi) is 6.13. The van der Waals surface area contributed by atoms with Gasteiger partial charge in [-0.3, -0.25) is 0 Å². The van der Waals surface area contributed by atoms with Crippen LogP contribution in [0, 0.1) is 6.92 Å². The highest BCUT2D eigenvalue weighted by Gasteiger charge is 1.91. The minimum absolute atomic E-state index is 1.07. The second kappa shape index (κ2) is 6.35. The molecule has 0 saturated heterocycles. The lowest BCUT2D eigenvalue weighted by Gasteiger charge is -1.79. The maximum atomic E-state index is 4.25. The van der Waals surface area contributed by atoms with Gasteiger partial charge in [0.25, 0.3) is 0 Å². The number of aromatic nitrogens is 1. The highest BCUT2D eigenvalue weighted by atomic mass is 32.1. The predicted molar refractivity (Wildman–Crippen MR) is 52.2 cm³/mol. The first-order chi connectivity index (χ1) is 5.24. The lowest BCUT2D eigenvalue weighted by Crippen LogP contribution is -1.75. The van der Waals surface area contributed by atoms with Crippen LogP contribution in [0.25, 0.3) is 0 Å². The quantitative estimate of drug-likeness (QED) is 0.631. The number of hydrogen-bond donors (Lipinski definition) is 0. The third kappa shape index (κ3) is 4.96. The molecule has 0 fully saturated rings. The fourth-order valence-electron chi connectivity index (χ4n) is 0.565. The van der Waals surface area contributed by atoms with Crippen molar-refractivity contribution in [2.24, 2.45) is 0 Å². The smallest absolute Gasteiger partial charge is 0.0925 e. The van der Waals surface area contributed by atoms with E-state index in [2.05, 4.69) is 31.1 Å². The third-order valence-electron chi connectivity index (χ3n) is 0.969. The minimum atomic E-state index is 1.07. The van der Waals surface area contributed by atoms with E-state index in [1.165, 1.54) is 11.4 Å². The molecule has 0 N–H and O–H groups in total. The first-order valence-corrected chi connectivity index (χ1v) is 5.03. The van der Waals surface area contributed by atoms with Gasteiger partial charge in [0.15, 0.2) is 0 Å². The molecule has 64 valence electrons. The minimum Gasteiger partial charge on any atom is -0.247 e. The summed E-state index contributed by atoms with van der Waals surface area (Å²) < 4.78 is 0. The van der Waals surface area contributed by atoms with Gasteiger partial charge in [0.1, 0.15) is 0 Å². The van der Waals surface area contributed by atoms with Gasteiger partial charge in [0.2, 0.25) is 0 Å². The zero-order chi connectivity index (χ0) is 8.69. The van der Waals surface area contributed by atoms with Gasteiger partial charge in [-0.1, -0.05) is 27.2 Å². The van der Waals surface area contributed by atoms with E-state index in [1.807, 2.05) is 6.92 Å². The van der Waals surface area contributed by atoms with E-state index >= 15 is 0 Å². The summed E-state index contributed by atoms with van der Waals surface area (Å²) in [6.07, 6.45) is 2.32. The molecule has 1 nitrogen and oxygen atoms in total. The molecule has 0 aliphatic rings. The SMILES string of the molecule is CCC.CCc1nc(C)cs1. The highest BCUT2D eigenvalue weighted by molar-refractivity contribution is 7.09. The van der Waals surface area contributed by atoms with Gasteiger partial charge in [0.05, 0.1) is 5.01 Å². The van der Waals surface area contributed by atoms with Crippen molar-refractivity contribution in [1.82, 2.24) is 4.98 Å². The van der Waals surface area contributed by atoms with Crippen molar-refractivity contribution in [3.63, 3.8) is 0 Å². The van der Waals surface area contributed by atoms with Crippen LogP contribution in [0.15, 0.2) is 5.38 Å². The molecule has 0 aromatic carbocycles. The van der Waals surface area contributed by atoms with Crippen LogP contribution < -0.4 is 0 Å². The summed E-state index contributed by atoms with van der Waals surface area (Å²) in [4.78, 5) is 4.25. The molecule has 1 aromatic rings. The van der Waals surface area contributed by atoms with Crippen LogP contribution in [0.4, 0.5) is 0 Å². The van der Waals surface area contributed by atoms with Crippen molar-refractivity contribution in [3.8, 4) is 0 Å². The first-order valence-electron chi connectivity index (χ1n) is 4.15. The molecule has 0 saturated carbocycles. The Morgan fingerprint density at radius 3 is 2.09 bits per heavy atom. The predicted octanol–water partition coefficient (Wildman–Crippen LogP) is 3.43. The Labute approximate surface area is 73.5 Å². The van der Waals surface area contributed by atoms with Crippen molar-refractivity contribution in [2.45, 2.75) is 40.5 Å². The molecule has 1 aromatic heterocycles. The summed E-state index contributed by atoms with van der Waals surface area (Å²) in [5, 5.41) is 3.32. The fourth-order valence-corrected chi connectivity index (χ4v) is 1.29. The number of rotatable bonds is 1. The fraction of sp³-hybridized carbons (Fsp3) is 0.667. The first kappa shape index (κ1) is 10.6. The lowest BCUT2D eigenvalue weighted by atomic mass is 10.5. The standard InChI is InChI=1S/C6H9NS.C3H8/c1-3-6-7-5(2)4-8-6;1-3-2/h4H,3H2,1-2H3;3H2,1-2H3. The van der Waals surface area contributed by atoms with Crippen LogP contribution in [0.2, 0.25) is 0 Å². The Bertz CT molecular complexity index is 181. The summed E-state index contributed by atoms with van der Waals surface area (Å²) in [6, 6.07) is 0. The second-order valence-electron chi connectivity index (χ2n) is 2.44. The van der Waals surface area contributed by atoms with Crippen molar-refractivity contribution in [2.75, 3.05) is 0 Å². The van der Waals surface area contributed by atoms with E-state index in [9.17, 15) is 0 Å². The van der Waals surface area contributed by atoms with Crippen LogP contribution in [0.3, 0.4) is 0 Å². The van der Waals surface area contributed by atoms with E-state index < -0.39 is 0 Å². The topological polar surface area (TPSA) is 12.9 Å². The van der Waals surface area contributed by atoms with Crippen molar-refractivity contribution in [3.05, 3.63) is 16.1 Å². The third-order valence-corrected chi connectivity index (χ3v) is 2.08. The van der Waals surface area contributed by atoms with Gasteiger partial charge in [-0.25, -0.2) is 4.98 Å². The molecular weight excluding hydrogens is 154 g/mol. The van der Waals surface area contributed by atoms with E-state index in [4.69, 9.17) is 0 Å². The van der Waals surface area contributed by atoms with Crippen LogP contribution in [-0.2, 0) is 6.42 Å². The Balaban J connectivity index is 0.000000292. The van der Waals surface area contributed by atoms with E-state index in [0.29, 0.717) is 0 Å². The maximum absolute atomic E-state index is 4.25. The van der Waals surface area contributed by atoms with Gasteiger partial charge in [-0.15, -0.1) is 11.3 Å². The summed E-state index contributed by atoms with van der Waals surface area (Å²) in [5.41, 5.74) is 1.15. The molecule has 2 heteroatoms. The molecule has 0 unspecified atom stereocenters. The average molecular weight is 171 g/mol. The zero-order valence-electron chi connectivity index (χ0n) is 7.85. The van der Waals surface area contributed by atoms with Crippen LogP contribution in [-0.4, -0.2) is 4.98 Å². The maximum Gasteiger partial charge on any atom is 0.0925 e. The monoisotopic (exact) mass is 171 g/mol. The lowest BCUT2D eigenvalue weighted by molar-refractivity contribution is 1.07. The summed E-state index contributed by atoms with van der Waals surface area (Å²) >= 11 is 1.74. The number of nitrogens with zero attached hydrogens (tertiary/aromatic N) is 1. The summed E-state index contributed by atoms with van der Waals surface area (Å²) in [5.74, 6) is 0. The van der Waals surface area contributed by atoms with Crippen LogP contribution >= 0.6 is 11.3 Å². The van der Waals surface area contributed by atoms with Gasteiger partial charge < -0.3 is 0 Å². The van der Waals surface area contributed by atoms with E-state index in [-0.39, 0.29) is 0 Å². The molecule has 0 aliphatic heterocycles.